The van der Waals surface area contributed by atoms with Gasteiger partial charge in [0.25, 0.3) is 5.91 Å². The normalized spacial score (nSPS) is 11.4. The Kier molecular flexibility index (Phi) is 5.38. The molecule has 28 heavy (non-hydrogen) atoms. The summed E-state index contributed by atoms with van der Waals surface area (Å²) < 4.78 is 25.4. The third-order valence-corrected chi connectivity index (χ3v) is 5.80. The number of benzene rings is 2. The van der Waals surface area contributed by atoms with E-state index in [1.54, 1.807) is 24.1 Å². The van der Waals surface area contributed by atoms with E-state index in [1.165, 1.54) is 12.1 Å². The number of aryl methyl sites for hydroxylation is 1. The van der Waals surface area contributed by atoms with Gasteiger partial charge in [0.1, 0.15) is 0 Å². The van der Waals surface area contributed by atoms with Gasteiger partial charge in [0.2, 0.25) is 0 Å². The molecule has 0 spiro atoms. The van der Waals surface area contributed by atoms with Crippen molar-refractivity contribution >= 4 is 15.7 Å². The third-order valence-electron chi connectivity index (χ3n) is 4.69. The lowest BCUT2D eigenvalue weighted by molar-refractivity contribution is 0.0784. The molecule has 6 nitrogen and oxygen atoms in total. The first-order valence-electron chi connectivity index (χ1n) is 8.84. The molecule has 0 fully saturated rings. The Labute approximate surface area is 165 Å². The number of amides is 1. The Balaban J connectivity index is 1.87. The van der Waals surface area contributed by atoms with Crippen LogP contribution in [-0.4, -0.2) is 42.3 Å². The zero-order chi connectivity index (χ0) is 20.5. The zero-order valence-corrected chi connectivity index (χ0v) is 17.2. The largest absolute Gasteiger partial charge is 0.337 e. The SMILES string of the molecule is Cc1nn(-c2ccccc2)c(C)c1CN(C)C(=O)c1cccc(S(C)(=O)=O)c1. The Morgan fingerprint density at radius 3 is 2.39 bits per heavy atom. The lowest BCUT2D eigenvalue weighted by atomic mass is 10.1. The average Bonchev–Trinajstić information content (AvgIpc) is 2.95. The maximum absolute atomic E-state index is 12.8. The topological polar surface area (TPSA) is 72.3 Å². The number of aromatic nitrogens is 2. The fraction of sp³-hybridized carbons (Fsp3) is 0.238. The number of carbonyl (C=O) groups excluding carboxylic acids is 1. The lowest BCUT2D eigenvalue weighted by Crippen LogP contribution is -2.27. The summed E-state index contributed by atoms with van der Waals surface area (Å²) >= 11 is 0. The van der Waals surface area contributed by atoms with Crippen molar-refractivity contribution < 1.29 is 13.2 Å². The molecule has 0 unspecified atom stereocenters. The van der Waals surface area contributed by atoms with Crippen LogP contribution in [0.4, 0.5) is 0 Å². The summed E-state index contributed by atoms with van der Waals surface area (Å²) in [5.41, 5.74) is 4.10. The highest BCUT2D eigenvalue weighted by atomic mass is 32.2. The van der Waals surface area contributed by atoms with Crippen LogP contribution < -0.4 is 0 Å². The van der Waals surface area contributed by atoms with Crippen LogP contribution >= 0.6 is 0 Å². The van der Waals surface area contributed by atoms with Crippen molar-refractivity contribution in [3.63, 3.8) is 0 Å². The number of hydrogen-bond donors (Lipinski definition) is 0. The highest BCUT2D eigenvalue weighted by Gasteiger charge is 2.19. The molecule has 3 aromatic rings. The van der Waals surface area contributed by atoms with Crippen molar-refractivity contribution in [2.75, 3.05) is 13.3 Å². The number of carbonyl (C=O) groups is 1. The Morgan fingerprint density at radius 1 is 1.07 bits per heavy atom. The van der Waals surface area contributed by atoms with Crippen molar-refractivity contribution in [2.45, 2.75) is 25.3 Å². The molecule has 7 heteroatoms. The van der Waals surface area contributed by atoms with Gasteiger partial charge in [-0.05, 0) is 44.2 Å². The van der Waals surface area contributed by atoms with Gasteiger partial charge in [-0.2, -0.15) is 5.10 Å². The molecule has 0 bridgehead atoms. The lowest BCUT2D eigenvalue weighted by Gasteiger charge is -2.18. The Morgan fingerprint density at radius 2 is 1.75 bits per heavy atom. The zero-order valence-electron chi connectivity index (χ0n) is 16.4. The molecule has 3 rings (SSSR count). The van der Waals surface area contributed by atoms with Gasteiger partial charge in [0.15, 0.2) is 9.84 Å². The van der Waals surface area contributed by atoms with E-state index in [-0.39, 0.29) is 10.8 Å². The van der Waals surface area contributed by atoms with Gasteiger partial charge < -0.3 is 4.90 Å². The van der Waals surface area contributed by atoms with E-state index in [0.29, 0.717) is 12.1 Å². The number of rotatable bonds is 5. The van der Waals surface area contributed by atoms with Crippen LogP contribution in [0.2, 0.25) is 0 Å². The molecule has 1 heterocycles. The first kappa shape index (κ1) is 19.8. The molecule has 0 aliphatic carbocycles. The van der Waals surface area contributed by atoms with E-state index < -0.39 is 9.84 Å². The number of hydrogen-bond acceptors (Lipinski definition) is 4. The van der Waals surface area contributed by atoms with Crippen LogP contribution in [0.5, 0.6) is 0 Å². The second-order valence-electron chi connectivity index (χ2n) is 6.86. The van der Waals surface area contributed by atoms with Crippen molar-refractivity contribution in [2.24, 2.45) is 0 Å². The van der Waals surface area contributed by atoms with Crippen molar-refractivity contribution in [3.05, 3.63) is 77.1 Å². The van der Waals surface area contributed by atoms with Gasteiger partial charge in [0, 0.05) is 36.7 Å². The first-order valence-corrected chi connectivity index (χ1v) is 10.7. The highest BCUT2D eigenvalue weighted by molar-refractivity contribution is 7.90. The standard InChI is InChI=1S/C21H23N3O3S/c1-15-20(16(2)24(22-15)18-10-6-5-7-11-18)14-23(3)21(25)17-9-8-12-19(13-17)28(4,26)27/h5-13H,14H2,1-4H3. The van der Waals surface area contributed by atoms with E-state index in [2.05, 4.69) is 5.10 Å². The predicted octanol–water partition coefficient (Wildman–Crippen LogP) is 3.16. The van der Waals surface area contributed by atoms with Crippen molar-refractivity contribution in [3.8, 4) is 5.69 Å². The van der Waals surface area contributed by atoms with Crippen molar-refractivity contribution in [1.82, 2.24) is 14.7 Å². The van der Waals surface area contributed by atoms with Crippen molar-refractivity contribution in [1.29, 1.82) is 0 Å². The molecule has 0 aliphatic heterocycles. The average molecular weight is 398 g/mol. The Hall–Kier alpha value is -2.93. The van der Waals surface area contributed by atoms with Gasteiger partial charge >= 0.3 is 0 Å². The number of sulfone groups is 1. The highest BCUT2D eigenvalue weighted by Crippen LogP contribution is 2.20. The van der Waals surface area contributed by atoms with E-state index in [1.807, 2.05) is 48.9 Å². The molecule has 1 amide bonds. The van der Waals surface area contributed by atoms with Gasteiger partial charge in [-0.25, -0.2) is 13.1 Å². The van der Waals surface area contributed by atoms with E-state index in [0.717, 1.165) is 28.9 Å². The molecule has 2 aromatic carbocycles. The van der Waals surface area contributed by atoms with Crippen LogP contribution in [0, 0.1) is 13.8 Å². The minimum atomic E-state index is -3.37. The summed E-state index contributed by atoms with van der Waals surface area (Å²) in [7, 11) is -1.67. The fourth-order valence-corrected chi connectivity index (χ4v) is 3.78. The molecule has 0 saturated carbocycles. The summed E-state index contributed by atoms with van der Waals surface area (Å²) in [6.45, 7) is 4.28. The van der Waals surface area contributed by atoms with Gasteiger partial charge in [-0.1, -0.05) is 24.3 Å². The van der Waals surface area contributed by atoms with Gasteiger partial charge in [-0.3, -0.25) is 4.79 Å². The van der Waals surface area contributed by atoms with Gasteiger partial charge in [-0.15, -0.1) is 0 Å². The number of para-hydroxylation sites is 1. The summed E-state index contributed by atoms with van der Waals surface area (Å²) in [6, 6.07) is 15.9. The summed E-state index contributed by atoms with van der Waals surface area (Å²) in [6.07, 6.45) is 1.13. The molecular formula is C21H23N3O3S. The van der Waals surface area contributed by atoms with Crippen LogP contribution in [0.25, 0.3) is 5.69 Å². The summed E-state index contributed by atoms with van der Waals surface area (Å²) in [4.78, 5) is 14.5. The molecule has 0 atom stereocenters. The third kappa shape index (κ3) is 3.99. The smallest absolute Gasteiger partial charge is 0.253 e. The van der Waals surface area contributed by atoms with E-state index in [4.69, 9.17) is 0 Å². The van der Waals surface area contributed by atoms with Crippen LogP contribution in [-0.2, 0) is 16.4 Å². The maximum Gasteiger partial charge on any atom is 0.253 e. The number of nitrogens with zero attached hydrogens (tertiary/aromatic N) is 3. The minimum absolute atomic E-state index is 0.135. The molecule has 146 valence electrons. The molecule has 0 saturated heterocycles. The molecule has 0 N–H and O–H groups in total. The van der Waals surface area contributed by atoms with E-state index in [9.17, 15) is 13.2 Å². The van der Waals surface area contributed by atoms with Gasteiger partial charge in [0.05, 0.1) is 16.3 Å². The van der Waals surface area contributed by atoms with E-state index >= 15 is 0 Å². The van der Waals surface area contributed by atoms with Crippen LogP contribution in [0.15, 0.2) is 59.5 Å². The predicted molar refractivity (Wildman–Crippen MR) is 108 cm³/mol. The Bertz CT molecular complexity index is 1120. The molecule has 0 aliphatic rings. The van der Waals surface area contributed by atoms with Crippen LogP contribution in [0.3, 0.4) is 0 Å². The minimum Gasteiger partial charge on any atom is -0.337 e. The maximum atomic E-state index is 12.8. The summed E-state index contributed by atoms with van der Waals surface area (Å²) in [5, 5.41) is 4.61. The quantitative estimate of drug-likeness (QED) is 0.663. The molecular weight excluding hydrogens is 374 g/mol. The second-order valence-corrected chi connectivity index (χ2v) is 8.87. The monoisotopic (exact) mass is 397 g/mol. The first-order chi connectivity index (χ1) is 13.2. The van der Waals surface area contributed by atoms with Crippen LogP contribution in [0.1, 0.15) is 27.3 Å². The molecule has 1 aromatic heterocycles. The second kappa shape index (κ2) is 7.59. The fourth-order valence-electron chi connectivity index (χ4n) is 3.11. The molecule has 0 radical (unpaired) electrons. The summed E-state index contributed by atoms with van der Waals surface area (Å²) in [5.74, 6) is -0.239.